The molecule has 1 fully saturated rings. The fraction of sp³-hybridized carbons (Fsp3) is 0.600. The van der Waals surface area contributed by atoms with Crippen LogP contribution in [-0.4, -0.2) is 30.8 Å². The van der Waals surface area contributed by atoms with Crippen molar-refractivity contribution in [3.05, 3.63) is 12.7 Å². The first-order chi connectivity index (χ1) is 7.58. The maximum atomic E-state index is 11.6. The van der Waals surface area contributed by atoms with E-state index in [2.05, 4.69) is 21.5 Å². The van der Waals surface area contributed by atoms with Crippen molar-refractivity contribution < 1.29 is 19.2 Å². The smallest absolute Gasteiger partial charge is 0.441 e. The summed E-state index contributed by atoms with van der Waals surface area (Å²) < 4.78 is 4.57. The van der Waals surface area contributed by atoms with Crippen LogP contribution in [0.5, 0.6) is 0 Å². The van der Waals surface area contributed by atoms with Gasteiger partial charge in [0.1, 0.15) is 12.1 Å². The van der Waals surface area contributed by atoms with Crippen LogP contribution in [0.25, 0.3) is 0 Å². The Morgan fingerprint density at radius 1 is 1.62 bits per heavy atom. The normalized spacial score (nSPS) is 23.6. The van der Waals surface area contributed by atoms with Gasteiger partial charge >= 0.3 is 12.1 Å². The van der Waals surface area contributed by atoms with Crippen LogP contribution in [0, 0.1) is 0 Å². The molecule has 0 aromatic heterocycles. The third-order valence-electron chi connectivity index (χ3n) is 2.38. The van der Waals surface area contributed by atoms with Gasteiger partial charge in [0.2, 0.25) is 0 Å². The number of carbonyl (C=O) groups is 2. The lowest BCUT2D eigenvalue weighted by molar-refractivity contribution is -0.156. The molecule has 2 N–H and O–H groups in total. The van der Waals surface area contributed by atoms with Gasteiger partial charge in [-0.05, 0) is 26.3 Å². The van der Waals surface area contributed by atoms with E-state index >= 15 is 0 Å². The second-order valence-corrected chi connectivity index (χ2v) is 3.74. The number of hydrogen-bond acceptors (Lipinski definition) is 5. The van der Waals surface area contributed by atoms with Crippen LogP contribution < -0.4 is 10.8 Å². The third-order valence-corrected chi connectivity index (χ3v) is 2.38. The van der Waals surface area contributed by atoms with Gasteiger partial charge in [-0.1, -0.05) is 12.7 Å². The second-order valence-electron chi connectivity index (χ2n) is 3.74. The van der Waals surface area contributed by atoms with Gasteiger partial charge in [0.05, 0.1) is 0 Å². The molecule has 1 rings (SSSR count). The second kappa shape index (κ2) is 5.50. The summed E-state index contributed by atoms with van der Waals surface area (Å²) in [6, 6.07) is 0. The number of hydrogen-bond donors (Lipinski definition) is 2. The lowest BCUT2D eigenvalue weighted by atomic mass is 10.0. The molecule has 0 bridgehead atoms. The number of amides is 1. The van der Waals surface area contributed by atoms with Crippen molar-refractivity contribution in [2.24, 2.45) is 0 Å². The minimum Gasteiger partial charge on any atom is -0.443 e. The standard InChI is InChI=1S/C10H16N2O4/c1-3-7-15-9(14)12-16-8(13)10(2)5-4-6-11-10/h3,11H,1,4-7H2,2H3,(H,12,14)/t10-/m0/s1. The van der Waals surface area contributed by atoms with Crippen LogP contribution in [-0.2, 0) is 14.4 Å². The van der Waals surface area contributed by atoms with Crippen molar-refractivity contribution in [2.45, 2.75) is 25.3 Å². The lowest BCUT2D eigenvalue weighted by Crippen LogP contribution is -2.48. The Labute approximate surface area is 93.9 Å². The first kappa shape index (κ1) is 12.5. The molecule has 6 heteroatoms. The van der Waals surface area contributed by atoms with Crippen molar-refractivity contribution in [3.8, 4) is 0 Å². The molecule has 1 aliphatic rings. The van der Waals surface area contributed by atoms with Gasteiger partial charge in [-0.25, -0.2) is 9.59 Å². The maximum absolute atomic E-state index is 11.6. The molecular weight excluding hydrogens is 212 g/mol. The van der Waals surface area contributed by atoms with Gasteiger partial charge in [-0.2, -0.15) is 0 Å². The summed E-state index contributed by atoms with van der Waals surface area (Å²) in [5.41, 5.74) is 1.20. The van der Waals surface area contributed by atoms with E-state index in [9.17, 15) is 9.59 Å². The monoisotopic (exact) mass is 228 g/mol. The average Bonchev–Trinajstić information content (AvgIpc) is 2.71. The molecule has 0 aromatic rings. The van der Waals surface area contributed by atoms with E-state index in [4.69, 9.17) is 0 Å². The van der Waals surface area contributed by atoms with E-state index in [0.717, 1.165) is 13.0 Å². The van der Waals surface area contributed by atoms with E-state index in [0.29, 0.717) is 6.42 Å². The molecular formula is C10H16N2O4. The first-order valence-corrected chi connectivity index (χ1v) is 5.08. The Kier molecular flexibility index (Phi) is 4.30. The SMILES string of the molecule is C=CCOC(=O)NOC(=O)[C@]1(C)CCCN1. The third kappa shape index (κ3) is 3.23. The predicted molar refractivity (Wildman–Crippen MR) is 56.4 cm³/mol. The summed E-state index contributed by atoms with van der Waals surface area (Å²) in [5.74, 6) is -0.513. The van der Waals surface area contributed by atoms with Gasteiger partial charge < -0.3 is 14.9 Å². The Hall–Kier alpha value is -1.56. The molecule has 6 nitrogen and oxygen atoms in total. The summed E-state index contributed by atoms with van der Waals surface area (Å²) in [6.07, 6.45) is 2.21. The average molecular weight is 228 g/mol. The van der Waals surface area contributed by atoms with E-state index < -0.39 is 17.6 Å². The molecule has 90 valence electrons. The minimum absolute atomic E-state index is 0.0684. The topological polar surface area (TPSA) is 76.7 Å². The highest BCUT2D eigenvalue weighted by Gasteiger charge is 2.38. The number of hydroxylamine groups is 1. The summed E-state index contributed by atoms with van der Waals surface area (Å²) >= 11 is 0. The highest BCUT2D eigenvalue weighted by molar-refractivity contribution is 5.81. The molecule has 0 unspecified atom stereocenters. The number of rotatable bonds is 3. The molecule has 1 amide bonds. The summed E-state index contributed by atoms with van der Waals surface area (Å²) in [4.78, 5) is 27.1. The van der Waals surface area contributed by atoms with Gasteiger partial charge in [0.15, 0.2) is 0 Å². The Balaban J connectivity index is 2.29. The Bertz CT molecular complexity index is 285. The summed E-state index contributed by atoms with van der Waals surface area (Å²) in [6.45, 7) is 5.95. The molecule has 0 spiro atoms. The van der Waals surface area contributed by atoms with Crippen LogP contribution in [0.3, 0.4) is 0 Å². The van der Waals surface area contributed by atoms with Crippen molar-refractivity contribution in [1.29, 1.82) is 0 Å². The van der Waals surface area contributed by atoms with Crippen LogP contribution in [0.4, 0.5) is 4.79 Å². The van der Waals surface area contributed by atoms with Crippen molar-refractivity contribution in [2.75, 3.05) is 13.2 Å². The van der Waals surface area contributed by atoms with Crippen molar-refractivity contribution in [3.63, 3.8) is 0 Å². The van der Waals surface area contributed by atoms with Crippen LogP contribution in [0.1, 0.15) is 19.8 Å². The molecule has 0 radical (unpaired) electrons. The molecule has 0 saturated carbocycles. The highest BCUT2D eigenvalue weighted by Crippen LogP contribution is 2.19. The highest BCUT2D eigenvalue weighted by atomic mass is 16.7. The number of nitrogens with one attached hydrogen (secondary N) is 2. The van der Waals surface area contributed by atoms with E-state index in [1.54, 1.807) is 6.92 Å². The zero-order valence-corrected chi connectivity index (χ0v) is 9.25. The number of ether oxygens (including phenoxy) is 1. The van der Waals surface area contributed by atoms with Crippen LogP contribution >= 0.6 is 0 Å². The van der Waals surface area contributed by atoms with Crippen LogP contribution in [0.15, 0.2) is 12.7 Å². The molecule has 16 heavy (non-hydrogen) atoms. The molecule has 1 heterocycles. The van der Waals surface area contributed by atoms with Gasteiger partial charge in [0.25, 0.3) is 0 Å². The molecule has 1 aliphatic heterocycles. The van der Waals surface area contributed by atoms with Crippen LogP contribution in [0.2, 0.25) is 0 Å². The van der Waals surface area contributed by atoms with Gasteiger partial charge in [-0.15, -0.1) is 5.48 Å². The summed E-state index contributed by atoms with van der Waals surface area (Å²) in [5, 5.41) is 3.02. The van der Waals surface area contributed by atoms with E-state index in [1.165, 1.54) is 6.08 Å². The fourth-order valence-corrected chi connectivity index (χ4v) is 1.43. The van der Waals surface area contributed by atoms with Crippen molar-refractivity contribution >= 4 is 12.1 Å². The zero-order valence-electron chi connectivity index (χ0n) is 9.25. The minimum atomic E-state index is -0.810. The van der Waals surface area contributed by atoms with Gasteiger partial charge in [0, 0.05) is 0 Å². The lowest BCUT2D eigenvalue weighted by Gasteiger charge is -2.20. The fourth-order valence-electron chi connectivity index (χ4n) is 1.43. The molecule has 1 atom stereocenters. The largest absolute Gasteiger partial charge is 0.443 e. The maximum Gasteiger partial charge on any atom is 0.441 e. The molecule has 0 aliphatic carbocycles. The molecule has 1 saturated heterocycles. The Morgan fingerprint density at radius 2 is 2.38 bits per heavy atom. The van der Waals surface area contributed by atoms with Gasteiger partial charge in [-0.3, -0.25) is 0 Å². The first-order valence-electron chi connectivity index (χ1n) is 5.08. The van der Waals surface area contributed by atoms with E-state index in [-0.39, 0.29) is 6.61 Å². The summed E-state index contributed by atoms with van der Waals surface area (Å²) in [7, 11) is 0. The zero-order chi connectivity index (χ0) is 12.0. The number of carbonyl (C=O) groups excluding carboxylic acids is 2. The quantitative estimate of drug-likeness (QED) is 0.543. The van der Waals surface area contributed by atoms with E-state index in [1.807, 2.05) is 5.48 Å². The van der Waals surface area contributed by atoms with Crippen molar-refractivity contribution in [1.82, 2.24) is 10.8 Å². The molecule has 0 aromatic carbocycles. The predicted octanol–water partition coefficient (Wildman–Crippen LogP) is 0.499. The Morgan fingerprint density at radius 3 is 2.94 bits per heavy atom.